The van der Waals surface area contributed by atoms with Gasteiger partial charge in [-0.15, -0.1) is 0 Å². The van der Waals surface area contributed by atoms with E-state index in [0.717, 1.165) is 16.7 Å². The predicted octanol–water partition coefficient (Wildman–Crippen LogP) is 2.97. The number of rotatable bonds is 3. The van der Waals surface area contributed by atoms with Crippen molar-refractivity contribution in [1.82, 2.24) is 0 Å². The largest absolute Gasteiger partial charge is 0.493 e. The SMILES string of the molecule is Cc1ccc(NS(=O)(=O)c2c3c(cc4c2OCC4)OCC3)c(C)c1. The smallest absolute Gasteiger partial charge is 0.266 e. The summed E-state index contributed by atoms with van der Waals surface area (Å²) in [7, 11) is -3.75. The number of hydrogen-bond donors (Lipinski definition) is 1. The summed E-state index contributed by atoms with van der Waals surface area (Å²) >= 11 is 0. The number of benzene rings is 2. The minimum absolute atomic E-state index is 0.241. The van der Waals surface area contributed by atoms with Gasteiger partial charge in [0.15, 0.2) is 0 Å². The van der Waals surface area contributed by atoms with Crippen LogP contribution in [0.25, 0.3) is 0 Å². The molecule has 2 heterocycles. The molecule has 0 bridgehead atoms. The summed E-state index contributed by atoms with van der Waals surface area (Å²) in [6.07, 6.45) is 1.28. The van der Waals surface area contributed by atoms with E-state index in [4.69, 9.17) is 9.47 Å². The zero-order valence-corrected chi connectivity index (χ0v) is 14.5. The maximum Gasteiger partial charge on any atom is 0.266 e. The lowest BCUT2D eigenvalue weighted by Crippen LogP contribution is -2.16. The molecular weight excluding hydrogens is 326 g/mol. The van der Waals surface area contributed by atoms with E-state index in [1.165, 1.54) is 0 Å². The first-order chi connectivity index (χ1) is 11.5. The fourth-order valence-electron chi connectivity index (χ4n) is 3.35. The van der Waals surface area contributed by atoms with Crippen LogP contribution in [-0.2, 0) is 22.9 Å². The minimum atomic E-state index is -3.75. The van der Waals surface area contributed by atoms with Crippen LogP contribution < -0.4 is 14.2 Å². The molecule has 0 amide bonds. The molecule has 0 radical (unpaired) electrons. The number of fused-ring (bicyclic) bond motifs is 2. The van der Waals surface area contributed by atoms with Crippen LogP contribution >= 0.6 is 0 Å². The number of hydrogen-bond acceptors (Lipinski definition) is 4. The molecule has 24 heavy (non-hydrogen) atoms. The van der Waals surface area contributed by atoms with Gasteiger partial charge in [0.1, 0.15) is 16.4 Å². The Hall–Kier alpha value is -2.21. The van der Waals surface area contributed by atoms with Crippen LogP contribution in [0.4, 0.5) is 5.69 Å². The standard InChI is InChI=1S/C18H19NO4S/c1-11-3-4-15(12(2)9-11)19-24(20,21)18-14-6-8-22-16(14)10-13-5-7-23-17(13)18/h3-4,9-10,19H,5-8H2,1-2H3. The van der Waals surface area contributed by atoms with Crippen LogP contribution in [0, 0.1) is 13.8 Å². The second-order valence-corrected chi connectivity index (χ2v) is 7.91. The highest BCUT2D eigenvalue weighted by Crippen LogP contribution is 2.43. The van der Waals surface area contributed by atoms with Crippen molar-refractivity contribution in [3.8, 4) is 11.5 Å². The van der Waals surface area contributed by atoms with Crippen LogP contribution in [0.3, 0.4) is 0 Å². The van der Waals surface area contributed by atoms with Gasteiger partial charge in [0.25, 0.3) is 10.0 Å². The van der Waals surface area contributed by atoms with Crippen LogP contribution in [0.15, 0.2) is 29.2 Å². The monoisotopic (exact) mass is 345 g/mol. The molecule has 2 aliphatic heterocycles. The second kappa shape index (κ2) is 5.41. The Labute approximate surface area is 141 Å². The third-order valence-electron chi connectivity index (χ3n) is 4.50. The minimum Gasteiger partial charge on any atom is -0.493 e. The Morgan fingerprint density at radius 3 is 2.62 bits per heavy atom. The molecule has 0 saturated heterocycles. The molecule has 0 fully saturated rings. The van der Waals surface area contributed by atoms with Gasteiger partial charge in [0.2, 0.25) is 0 Å². The van der Waals surface area contributed by atoms with Crippen LogP contribution in [0.2, 0.25) is 0 Å². The van der Waals surface area contributed by atoms with Crippen LogP contribution in [0.1, 0.15) is 22.3 Å². The number of sulfonamides is 1. The fourth-order valence-corrected chi connectivity index (χ4v) is 4.93. The van der Waals surface area contributed by atoms with E-state index in [-0.39, 0.29) is 4.90 Å². The molecule has 2 aromatic carbocycles. The molecule has 0 atom stereocenters. The quantitative estimate of drug-likeness (QED) is 0.929. The maximum absolute atomic E-state index is 13.1. The molecule has 0 unspecified atom stereocenters. The van der Waals surface area contributed by atoms with E-state index >= 15 is 0 Å². The number of anilines is 1. The number of ether oxygens (including phenoxy) is 2. The molecular formula is C18H19NO4S. The van der Waals surface area contributed by atoms with Gasteiger partial charge < -0.3 is 9.47 Å². The topological polar surface area (TPSA) is 64.6 Å². The van der Waals surface area contributed by atoms with Gasteiger partial charge in [-0.2, -0.15) is 0 Å². The molecule has 0 spiro atoms. The van der Waals surface area contributed by atoms with Crippen molar-refractivity contribution in [2.45, 2.75) is 31.6 Å². The Morgan fingerprint density at radius 1 is 1.04 bits per heavy atom. The molecule has 0 aliphatic carbocycles. The lowest BCUT2D eigenvalue weighted by atomic mass is 10.1. The van der Waals surface area contributed by atoms with Gasteiger partial charge in [-0.25, -0.2) is 8.42 Å². The van der Waals surface area contributed by atoms with Crippen molar-refractivity contribution < 1.29 is 17.9 Å². The number of aryl methyl sites for hydroxylation is 2. The summed E-state index contributed by atoms with van der Waals surface area (Å²) in [6.45, 7) is 4.88. The normalized spacial score (nSPS) is 15.4. The molecule has 6 heteroatoms. The Kier molecular flexibility index (Phi) is 3.46. The summed E-state index contributed by atoms with van der Waals surface area (Å²) in [5.41, 5.74) is 4.18. The van der Waals surface area contributed by atoms with E-state index in [0.29, 0.717) is 48.8 Å². The molecule has 126 valence electrons. The third-order valence-corrected chi connectivity index (χ3v) is 5.96. The average molecular weight is 345 g/mol. The van der Waals surface area contributed by atoms with Crippen LogP contribution in [0.5, 0.6) is 11.5 Å². The van der Waals surface area contributed by atoms with E-state index in [1.807, 2.05) is 32.0 Å². The van der Waals surface area contributed by atoms with Crippen molar-refractivity contribution in [3.63, 3.8) is 0 Å². The maximum atomic E-state index is 13.1. The third kappa shape index (κ3) is 2.41. The Bertz CT molecular complexity index is 902. The van der Waals surface area contributed by atoms with Gasteiger partial charge >= 0.3 is 0 Å². The van der Waals surface area contributed by atoms with Gasteiger partial charge in [-0.3, -0.25) is 4.72 Å². The summed E-state index contributed by atoms with van der Waals surface area (Å²) in [5.74, 6) is 1.15. The summed E-state index contributed by atoms with van der Waals surface area (Å²) in [5, 5.41) is 0. The average Bonchev–Trinajstić information content (AvgIpc) is 3.15. The number of nitrogens with one attached hydrogen (secondary N) is 1. The molecule has 1 N–H and O–H groups in total. The van der Waals surface area contributed by atoms with Gasteiger partial charge in [0, 0.05) is 24.0 Å². The fraction of sp³-hybridized carbons (Fsp3) is 0.333. The molecule has 0 aromatic heterocycles. The summed E-state index contributed by atoms with van der Waals surface area (Å²) in [4.78, 5) is 0.241. The van der Waals surface area contributed by atoms with E-state index in [2.05, 4.69) is 4.72 Å². The van der Waals surface area contributed by atoms with Gasteiger partial charge in [-0.1, -0.05) is 17.7 Å². The van der Waals surface area contributed by atoms with Crippen molar-refractivity contribution >= 4 is 15.7 Å². The first-order valence-corrected chi connectivity index (χ1v) is 9.48. The van der Waals surface area contributed by atoms with Crippen molar-refractivity contribution in [2.24, 2.45) is 0 Å². The molecule has 2 aromatic rings. The molecule has 5 nitrogen and oxygen atoms in total. The van der Waals surface area contributed by atoms with Crippen molar-refractivity contribution in [3.05, 3.63) is 46.5 Å². The van der Waals surface area contributed by atoms with E-state index in [1.54, 1.807) is 6.07 Å². The lowest BCUT2D eigenvalue weighted by molar-refractivity contribution is 0.348. The highest BCUT2D eigenvalue weighted by atomic mass is 32.2. The summed E-state index contributed by atoms with van der Waals surface area (Å²) in [6, 6.07) is 7.56. The summed E-state index contributed by atoms with van der Waals surface area (Å²) < 4.78 is 40.2. The Balaban J connectivity index is 1.83. The first-order valence-electron chi connectivity index (χ1n) is 8.00. The van der Waals surface area contributed by atoms with E-state index < -0.39 is 10.0 Å². The van der Waals surface area contributed by atoms with Crippen molar-refractivity contribution in [2.75, 3.05) is 17.9 Å². The lowest BCUT2D eigenvalue weighted by Gasteiger charge is -2.16. The Morgan fingerprint density at radius 2 is 1.83 bits per heavy atom. The van der Waals surface area contributed by atoms with E-state index in [9.17, 15) is 8.42 Å². The predicted molar refractivity (Wildman–Crippen MR) is 91.6 cm³/mol. The molecule has 2 aliphatic rings. The highest BCUT2D eigenvalue weighted by Gasteiger charge is 2.33. The van der Waals surface area contributed by atoms with Gasteiger partial charge in [-0.05, 0) is 31.5 Å². The highest BCUT2D eigenvalue weighted by molar-refractivity contribution is 7.92. The zero-order chi connectivity index (χ0) is 16.9. The van der Waals surface area contributed by atoms with Crippen LogP contribution in [-0.4, -0.2) is 21.6 Å². The molecule has 0 saturated carbocycles. The molecule has 4 rings (SSSR count). The second-order valence-electron chi connectivity index (χ2n) is 6.29. The van der Waals surface area contributed by atoms with Crippen molar-refractivity contribution in [1.29, 1.82) is 0 Å². The van der Waals surface area contributed by atoms with Gasteiger partial charge in [0.05, 0.1) is 18.9 Å². The zero-order valence-electron chi connectivity index (χ0n) is 13.7. The first kappa shape index (κ1) is 15.3.